The molecule has 0 aliphatic heterocycles. The minimum atomic E-state index is 0.439. The van der Waals surface area contributed by atoms with Crippen molar-refractivity contribution in [3.63, 3.8) is 0 Å². The summed E-state index contributed by atoms with van der Waals surface area (Å²) in [5.41, 5.74) is 2.46. The molecule has 0 spiro atoms. The maximum atomic E-state index is 6.01. The Balaban J connectivity index is 2.17. The van der Waals surface area contributed by atoms with E-state index in [-0.39, 0.29) is 0 Å². The van der Waals surface area contributed by atoms with E-state index < -0.39 is 0 Å². The zero-order chi connectivity index (χ0) is 10.8. The van der Waals surface area contributed by atoms with E-state index >= 15 is 0 Å². The Labute approximate surface area is 97.2 Å². The number of thiol groups is 1. The molecular formula is C13H18OS. The van der Waals surface area contributed by atoms with Crippen LogP contribution in [0, 0.1) is 13.8 Å². The van der Waals surface area contributed by atoms with Crippen LogP contribution in [0.15, 0.2) is 17.0 Å². The monoisotopic (exact) mass is 222 g/mol. The van der Waals surface area contributed by atoms with Crippen LogP contribution in [0.1, 0.15) is 36.8 Å². The molecule has 1 aromatic rings. The summed E-state index contributed by atoms with van der Waals surface area (Å²) in [6, 6.07) is 4.07. The van der Waals surface area contributed by atoms with Gasteiger partial charge in [-0.1, -0.05) is 0 Å². The molecule has 2 heteroatoms. The van der Waals surface area contributed by atoms with Gasteiger partial charge < -0.3 is 4.74 Å². The fourth-order valence-corrected chi connectivity index (χ4v) is 2.34. The summed E-state index contributed by atoms with van der Waals surface area (Å²) in [7, 11) is 0. The molecule has 0 bridgehead atoms. The average Bonchev–Trinajstić information content (AvgIpc) is 2.72. The molecule has 1 saturated carbocycles. The Hall–Kier alpha value is -0.630. The van der Waals surface area contributed by atoms with Gasteiger partial charge >= 0.3 is 0 Å². The van der Waals surface area contributed by atoms with Crippen LogP contribution in [0.3, 0.4) is 0 Å². The molecule has 82 valence electrons. The van der Waals surface area contributed by atoms with E-state index in [1.165, 1.54) is 36.8 Å². The molecule has 0 unspecified atom stereocenters. The van der Waals surface area contributed by atoms with Crippen molar-refractivity contribution in [1.29, 1.82) is 0 Å². The summed E-state index contributed by atoms with van der Waals surface area (Å²) in [6.45, 7) is 4.21. The zero-order valence-electron chi connectivity index (χ0n) is 9.42. The van der Waals surface area contributed by atoms with Crippen molar-refractivity contribution in [2.45, 2.75) is 50.5 Å². The van der Waals surface area contributed by atoms with Crippen molar-refractivity contribution in [3.05, 3.63) is 23.3 Å². The zero-order valence-corrected chi connectivity index (χ0v) is 10.3. The Morgan fingerprint density at radius 3 is 2.47 bits per heavy atom. The van der Waals surface area contributed by atoms with Gasteiger partial charge in [-0.25, -0.2) is 0 Å². The van der Waals surface area contributed by atoms with E-state index in [1.807, 2.05) is 12.1 Å². The van der Waals surface area contributed by atoms with Crippen LogP contribution in [-0.4, -0.2) is 6.10 Å². The van der Waals surface area contributed by atoms with Crippen molar-refractivity contribution in [3.8, 4) is 5.75 Å². The van der Waals surface area contributed by atoms with E-state index in [4.69, 9.17) is 4.74 Å². The standard InChI is InChI=1S/C13H18OS/c1-9-10(2)13(15)8-7-12(9)14-11-5-3-4-6-11/h7-8,11,15H,3-6H2,1-2H3. The fourth-order valence-electron chi connectivity index (χ4n) is 2.09. The second-order valence-corrected chi connectivity index (χ2v) is 4.84. The van der Waals surface area contributed by atoms with Gasteiger partial charge in [0.15, 0.2) is 0 Å². The van der Waals surface area contributed by atoms with Gasteiger partial charge in [0.2, 0.25) is 0 Å². The minimum absolute atomic E-state index is 0.439. The number of ether oxygens (including phenoxy) is 1. The first-order valence-electron chi connectivity index (χ1n) is 5.64. The Bertz CT molecular complexity index is 354. The van der Waals surface area contributed by atoms with Gasteiger partial charge in [0.1, 0.15) is 5.75 Å². The lowest BCUT2D eigenvalue weighted by Crippen LogP contribution is -2.11. The number of rotatable bonds is 2. The lowest BCUT2D eigenvalue weighted by Gasteiger charge is -2.17. The Morgan fingerprint density at radius 1 is 1.13 bits per heavy atom. The highest BCUT2D eigenvalue weighted by atomic mass is 32.1. The van der Waals surface area contributed by atoms with E-state index in [0.29, 0.717) is 6.10 Å². The van der Waals surface area contributed by atoms with Gasteiger partial charge in [0, 0.05) is 4.90 Å². The molecule has 0 N–H and O–H groups in total. The van der Waals surface area contributed by atoms with Crippen LogP contribution < -0.4 is 4.74 Å². The summed E-state index contributed by atoms with van der Waals surface area (Å²) in [5.74, 6) is 1.04. The van der Waals surface area contributed by atoms with Crippen molar-refractivity contribution >= 4 is 12.6 Å². The SMILES string of the molecule is Cc1c(S)ccc(OC2CCCC2)c1C. The molecule has 15 heavy (non-hydrogen) atoms. The quantitative estimate of drug-likeness (QED) is 0.746. The predicted octanol–water partition coefficient (Wildman–Crippen LogP) is 3.91. The van der Waals surface area contributed by atoms with Gasteiger partial charge in [0.25, 0.3) is 0 Å². The highest BCUT2D eigenvalue weighted by molar-refractivity contribution is 7.80. The molecule has 1 aromatic carbocycles. The molecule has 1 aliphatic rings. The van der Waals surface area contributed by atoms with Gasteiger partial charge in [-0.2, -0.15) is 0 Å². The van der Waals surface area contributed by atoms with E-state index in [9.17, 15) is 0 Å². The number of hydrogen-bond acceptors (Lipinski definition) is 2. The third-order valence-electron chi connectivity index (χ3n) is 3.30. The lowest BCUT2D eigenvalue weighted by atomic mass is 10.1. The molecule has 2 rings (SSSR count). The van der Waals surface area contributed by atoms with Crippen LogP contribution in [0.25, 0.3) is 0 Å². The molecule has 0 radical (unpaired) electrons. The van der Waals surface area contributed by atoms with Crippen LogP contribution >= 0.6 is 12.6 Å². The topological polar surface area (TPSA) is 9.23 Å². The van der Waals surface area contributed by atoms with Crippen LogP contribution in [0.5, 0.6) is 5.75 Å². The molecular weight excluding hydrogens is 204 g/mol. The molecule has 1 aliphatic carbocycles. The third kappa shape index (κ3) is 2.31. The predicted molar refractivity (Wildman–Crippen MR) is 66.1 cm³/mol. The van der Waals surface area contributed by atoms with Crippen molar-refractivity contribution < 1.29 is 4.74 Å². The molecule has 1 fully saturated rings. The largest absolute Gasteiger partial charge is 0.490 e. The summed E-state index contributed by atoms with van der Waals surface area (Å²) in [4.78, 5) is 1.05. The van der Waals surface area contributed by atoms with Gasteiger partial charge in [-0.3, -0.25) is 0 Å². The minimum Gasteiger partial charge on any atom is -0.490 e. The maximum Gasteiger partial charge on any atom is 0.122 e. The second-order valence-electron chi connectivity index (χ2n) is 4.36. The van der Waals surface area contributed by atoms with Crippen LogP contribution in [0.2, 0.25) is 0 Å². The summed E-state index contributed by atoms with van der Waals surface area (Å²) in [5, 5.41) is 0. The normalized spacial score (nSPS) is 17.0. The van der Waals surface area contributed by atoms with Gasteiger partial charge in [-0.15, -0.1) is 12.6 Å². The molecule has 0 saturated heterocycles. The molecule has 0 aromatic heterocycles. The van der Waals surface area contributed by atoms with Gasteiger partial charge in [-0.05, 0) is 62.8 Å². The fraction of sp³-hybridized carbons (Fsp3) is 0.538. The van der Waals surface area contributed by atoms with Crippen LogP contribution in [0.4, 0.5) is 0 Å². The second kappa shape index (κ2) is 4.48. The van der Waals surface area contributed by atoms with Gasteiger partial charge in [0.05, 0.1) is 6.10 Å². The van der Waals surface area contributed by atoms with E-state index in [2.05, 4.69) is 26.5 Å². The Morgan fingerprint density at radius 2 is 1.80 bits per heavy atom. The highest BCUT2D eigenvalue weighted by Gasteiger charge is 2.17. The van der Waals surface area contributed by atoms with Crippen molar-refractivity contribution in [2.75, 3.05) is 0 Å². The van der Waals surface area contributed by atoms with E-state index in [0.717, 1.165) is 10.6 Å². The summed E-state index contributed by atoms with van der Waals surface area (Å²) < 4.78 is 6.01. The summed E-state index contributed by atoms with van der Waals surface area (Å²) >= 11 is 4.41. The first-order chi connectivity index (χ1) is 7.18. The molecule has 0 heterocycles. The lowest BCUT2D eigenvalue weighted by molar-refractivity contribution is 0.208. The maximum absolute atomic E-state index is 6.01. The summed E-state index contributed by atoms with van der Waals surface area (Å²) in [6.07, 6.45) is 5.48. The Kier molecular flexibility index (Phi) is 3.25. The third-order valence-corrected chi connectivity index (χ3v) is 3.79. The van der Waals surface area contributed by atoms with Crippen molar-refractivity contribution in [1.82, 2.24) is 0 Å². The first-order valence-corrected chi connectivity index (χ1v) is 6.09. The molecule has 0 amide bonds. The van der Waals surface area contributed by atoms with E-state index in [1.54, 1.807) is 0 Å². The van der Waals surface area contributed by atoms with Crippen LogP contribution in [-0.2, 0) is 0 Å². The first kappa shape index (κ1) is 10.9. The number of hydrogen-bond donors (Lipinski definition) is 1. The number of benzene rings is 1. The highest BCUT2D eigenvalue weighted by Crippen LogP contribution is 2.30. The van der Waals surface area contributed by atoms with Crippen molar-refractivity contribution in [2.24, 2.45) is 0 Å². The smallest absolute Gasteiger partial charge is 0.122 e. The molecule has 1 nitrogen and oxygen atoms in total. The molecule has 0 atom stereocenters. The average molecular weight is 222 g/mol.